The summed E-state index contributed by atoms with van der Waals surface area (Å²) in [5.41, 5.74) is 0.684. The van der Waals surface area contributed by atoms with Gasteiger partial charge in [0.1, 0.15) is 0 Å². The first kappa shape index (κ1) is 12.3. The topological polar surface area (TPSA) is 29.9 Å². The molecule has 0 spiro atoms. The Hall–Kier alpha value is -1.19. The van der Waals surface area contributed by atoms with E-state index in [2.05, 4.69) is 24.1 Å². The second kappa shape index (κ2) is 4.98. The Morgan fingerprint density at radius 3 is 2.47 bits per heavy atom. The van der Waals surface area contributed by atoms with Crippen molar-refractivity contribution in [2.75, 3.05) is 5.32 Å². The first-order valence-corrected chi connectivity index (χ1v) is 6.09. The highest BCUT2D eigenvalue weighted by atomic mass is 35.5. The molecule has 1 N–H and O–H groups in total. The van der Waals surface area contributed by atoms with E-state index in [4.69, 9.17) is 23.2 Å². The van der Waals surface area contributed by atoms with Gasteiger partial charge in [-0.1, -0.05) is 29.3 Å². The molecule has 90 valence electrons. The molecule has 0 unspecified atom stereocenters. The lowest BCUT2D eigenvalue weighted by atomic mass is 10.3. The summed E-state index contributed by atoms with van der Waals surface area (Å²) in [5, 5.41) is 4.32. The molecule has 17 heavy (non-hydrogen) atoms. The van der Waals surface area contributed by atoms with E-state index in [1.54, 1.807) is 18.3 Å². The van der Waals surface area contributed by atoms with E-state index < -0.39 is 0 Å². The van der Waals surface area contributed by atoms with Gasteiger partial charge in [0.2, 0.25) is 5.95 Å². The molecule has 0 amide bonds. The quantitative estimate of drug-likeness (QED) is 0.888. The molecular weight excluding hydrogens is 257 g/mol. The second-order valence-electron chi connectivity index (χ2n) is 3.97. The van der Waals surface area contributed by atoms with Gasteiger partial charge in [-0.3, -0.25) is 0 Å². The first-order valence-electron chi connectivity index (χ1n) is 5.33. The summed E-state index contributed by atoms with van der Waals surface area (Å²) in [6, 6.07) is 5.71. The number of nitrogens with one attached hydrogen (secondary N) is 1. The molecule has 1 heterocycles. The van der Waals surface area contributed by atoms with E-state index in [0.717, 1.165) is 5.95 Å². The molecule has 0 saturated carbocycles. The minimum Gasteiger partial charge on any atom is -0.323 e. The minimum atomic E-state index is 0.321. The number of nitrogens with zero attached hydrogens (tertiary/aromatic N) is 2. The van der Waals surface area contributed by atoms with E-state index in [1.165, 1.54) is 0 Å². The van der Waals surface area contributed by atoms with Crippen molar-refractivity contribution in [2.45, 2.75) is 19.9 Å². The SMILES string of the molecule is CC(C)n1ccnc1Nc1c(Cl)cccc1Cl. The zero-order valence-corrected chi connectivity index (χ0v) is 11.1. The number of para-hydroxylation sites is 1. The van der Waals surface area contributed by atoms with Crippen molar-refractivity contribution in [3.63, 3.8) is 0 Å². The van der Waals surface area contributed by atoms with E-state index in [-0.39, 0.29) is 0 Å². The molecule has 0 fully saturated rings. The number of halogens is 2. The van der Waals surface area contributed by atoms with Crippen LogP contribution in [0.3, 0.4) is 0 Å². The Labute approximate surface area is 110 Å². The maximum absolute atomic E-state index is 6.09. The Kier molecular flexibility index (Phi) is 3.60. The fraction of sp³-hybridized carbons (Fsp3) is 0.250. The number of hydrogen-bond donors (Lipinski definition) is 1. The standard InChI is InChI=1S/C12H13Cl2N3/c1-8(2)17-7-6-15-12(17)16-11-9(13)4-3-5-10(11)14/h3-8H,1-2H3,(H,15,16). The summed E-state index contributed by atoms with van der Waals surface area (Å²) in [7, 11) is 0. The lowest BCUT2D eigenvalue weighted by molar-refractivity contribution is 0.608. The van der Waals surface area contributed by atoms with Crippen molar-refractivity contribution in [3.8, 4) is 0 Å². The Balaban J connectivity index is 2.35. The Bertz CT molecular complexity index is 500. The third-order valence-corrected chi connectivity index (χ3v) is 3.05. The van der Waals surface area contributed by atoms with Crippen LogP contribution in [0.15, 0.2) is 30.6 Å². The normalized spacial score (nSPS) is 10.9. The van der Waals surface area contributed by atoms with Crippen LogP contribution in [-0.2, 0) is 0 Å². The molecule has 0 radical (unpaired) electrons. The van der Waals surface area contributed by atoms with Crippen molar-refractivity contribution >= 4 is 34.8 Å². The van der Waals surface area contributed by atoms with Gasteiger partial charge < -0.3 is 9.88 Å². The van der Waals surface area contributed by atoms with Crippen LogP contribution in [-0.4, -0.2) is 9.55 Å². The van der Waals surface area contributed by atoms with E-state index in [9.17, 15) is 0 Å². The third-order valence-electron chi connectivity index (χ3n) is 2.42. The largest absolute Gasteiger partial charge is 0.323 e. The summed E-state index contributed by atoms with van der Waals surface area (Å²) in [6.45, 7) is 4.17. The second-order valence-corrected chi connectivity index (χ2v) is 4.79. The Morgan fingerprint density at radius 2 is 1.88 bits per heavy atom. The highest BCUT2D eigenvalue weighted by Crippen LogP contribution is 2.32. The van der Waals surface area contributed by atoms with Gasteiger partial charge in [-0.15, -0.1) is 0 Å². The fourth-order valence-electron chi connectivity index (χ4n) is 1.56. The molecule has 1 aromatic carbocycles. The van der Waals surface area contributed by atoms with Crippen molar-refractivity contribution in [3.05, 3.63) is 40.6 Å². The molecule has 0 aliphatic rings. The maximum Gasteiger partial charge on any atom is 0.207 e. The molecule has 0 aliphatic heterocycles. The number of rotatable bonds is 3. The molecule has 1 aromatic heterocycles. The summed E-state index contributed by atoms with van der Waals surface area (Å²) in [6.07, 6.45) is 3.66. The molecule has 3 nitrogen and oxygen atoms in total. The van der Waals surface area contributed by atoms with Crippen LogP contribution >= 0.6 is 23.2 Å². The molecule has 5 heteroatoms. The number of anilines is 2. The van der Waals surface area contributed by atoms with Crippen molar-refractivity contribution in [2.24, 2.45) is 0 Å². The van der Waals surface area contributed by atoms with Crippen LogP contribution in [0.1, 0.15) is 19.9 Å². The predicted octanol–water partition coefficient (Wildman–Crippen LogP) is 4.51. The van der Waals surface area contributed by atoms with Crippen LogP contribution in [0.2, 0.25) is 10.0 Å². The number of aromatic nitrogens is 2. The smallest absolute Gasteiger partial charge is 0.207 e. The lowest BCUT2D eigenvalue weighted by Crippen LogP contribution is -2.05. The van der Waals surface area contributed by atoms with Crippen molar-refractivity contribution in [1.82, 2.24) is 9.55 Å². The molecule has 0 saturated heterocycles. The number of imidazole rings is 1. The average Bonchev–Trinajstić information content (AvgIpc) is 2.72. The third kappa shape index (κ3) is 2.56. The minimum absolute atomic E-state index is 0.321. The van der Waals surface area contributed by atoms with Crippen molar-refractivity contribution < 1.29 is 0 Å². The maximum atomic E-state index is 6.09. The van der Waals surface area contributed by atoms with Gasteiger partial charge in [-0.2, -0.15) is 0 Å². The summed E-state index contributed by atoms with van der Waals surface area (Å²) >= 11 is 12.2. The predicted molar refractivity (Wildman–Crippen MR) is 72.4 cm³/mol. The van der Waals surface area contributed by atoms with Crippen molar-refractivity contribution in [1.29, 1.82) is 0 Å². The van der Waals surface area contributed by atoms with Gasteiger partial charge >= 0.3 is 0 Å². The Morgan fingerprint density at radius 1 is 1.24 bits per heavy atom. The van der Waals surface area contributed by atoms with Gasteiger partial charge in [-0.05, 0) is 26.0 Å². The summed E-state index contributed by atoms with van der Waals surface area (Å²) < 4.78 is 2.01. The van der Waals surface area contributed by atoms with Crippen LogP contribution in [0.5, 0.6) is 0 Å². The van der Waals surface area contributed by atoms with Gasteiger partial charge in [0.15, 0.2) is 0 Å². The van der Waals surface area contributed by atoms with E-state index >= 15 is 0 Å². The van der Waals surface area contributed by atoms with Crippen LogP contribution in [0, 0.1) is 0 Å². The summed E-state index contributed by atoms with van der Waals surface area (Å²) in [5.74, 6) is 0.731. The van der Waals surface area contributed by atoms with Gasteiger partial charge in [0, 0.05) is 18.4 Å². The number of hydrogen-bond acceptors (Lipinski definition) is 2. The van der Waals surface area contributed by atoms with Crippen LogP contribution < -0.4 is 5.32 Å². The number of benzene rings is 1. The molecule has 2 rings (SSSR count). The monoisotopic (exact) mass is 269 g/mol. The van der Waals surface area contributed by atoms with E-state index in [0.29, 0.717) is 21.8 Å². The average molecular weight is 270 g/mol. The lowest BCUT2D eigenvalue weighted by Gasteiger charge is -2.14. The highest BCUT2D eigenvalue weighted by Gasteiger charge is 2.10. The molecular formula is C12H13Cl2N3. The zero-order valence-electron chi connectivity index (χ0n) is 9.61. The summed E-state index contributed by atoms with van der Waals surface area (Å²) in [4.78, 5) is 4.25. The molecule has 0 bridgehead atoms. The molecule has 2 aromatic rings. The first-order chi connectivity index (χ1) is 8.09. The van der Waals surface area contributed by atoms with Gasteiger partial charge in [-0.25, -0.2) is 4.98 Å². The molecule has 0 aliphatic carbocycles. The van der Waals surface area contributed by atoms with E-state index in [1.807, 2.05) is 16.8 Å². The molecule has 0 atom stereocenters. The van der Waals surface area contributed by atoms with Gasteiger partial charge in [0.05, 0.1) is 15.7 Å². The van der Waals surface area contributed by atoms with Crippen LogP contribution in [0.4, 0.5) is 11.6 Å². The van der Waals surface area contributed by atoms with Gasteiger partial charge in [0.25, 0.3) is 0 Å². The fourth-order valence-corrected chi connectivity index (χ4v) is 2.05. The zero-order chi connectivity index (χ0) is 12.4. The highest BCUT2D eigenvalue weighted by molar-refractivity contribution is 6.39. The van der Waals surface area contributed by atoms with Crippen LogP contribution in [0.25, 0.3) is 0 Å².